The lowest BCUT2D eigenvalue weighted by molar-refractivity contribution is 0.00424. The number of rotatable bonds is 6. The molecule has 1 amide bonds. The summed E-state index contributed by atoms with van der Waals surface area (Å²) >= 11 is 0. The Morgan fingerprint density at radius 2 is 2.00 bits per heavy atom. The van der Waals surface area contributed by atoms with E-state index in [1.165, 1.54) is 25.7 Å². The van der Waals surface area contributed by atoms with Crippen LogP contribution in [0.5, 0.6) is 0 Å². The lowest BCUT2D eigenvalue weighted by atomic mass is 10.1. The first-order valence-electron chi connectivity index (χ1n) is 7.55. The lowest BCUT2D eigenvalue weighted by Gasteiger charge is -2.41. The van der Waals surface area contributed by atoms with Gasteiger partial charge < -0.3 is 15.0 Å². The third kappa shape index (κ3) is 6.28. The molecule has 4 heteroatoms. The van der Waals surface area contributed by atoms with Gasteiger partial charge in [0.25, 0.3) is 0 Å². The van der Waals surface area contributed by atoms with Crippen LogP contribution in [0.1, 0.15) is 60.3 Å². The highest BCUT2D eigenvalue weighted by molar-refractivity contribution is 5.69. The van der Waals surface area contributed by atoms with E-state index in [2.05, 4.69) is 19.2 Å². The van der Waals surface area contributed by atoms with Crippen molar-refractivity contribution in [1.29, 1.82) is 0 Å². The third-order valence-electron chi connectivity index (χ3n) is 3.29. The smallest absolute Gasteiger partial charge is 0.410 e. The Morgan fingerprint density at radius 3 is 2.53 bits per heavy atom. The largest absolute Gasteiger partial charge is 0.444 e. The highest BCUT2D eigenvalue weighted by atomic mass is 16.6. The summed E-state index contributed by atoms with van der Waals surface area (Å²) in [6.07, 6.45) is 4.89. The van der Waals surface area contributed by atoms with Crippen molar-refractivity contribution in [1.82, 2.24) is 10.2 Å². The fourth-order valence-corrected chi connectivity index (χ4v) is 2.25. The maximum absolute atomic E-state index is 11.8. The van der Waals surface area contributed by atoms with Gasteiger partial charge in [0, 0.05) is 25.2 Å². The van der Waals surface area contributed by atoms with Gasteiger partial charge in [0.1, 0.15) is 5.60 Å². The molecule has 112 valence electrons. The van der Waals surface area contributed by atoms with E-state index in [0.717, 1.165) is 13.1 Å². The second kappa shape index (κ2) is 7.13. The Kier molecular flexibility index (Phi) is 6.11. The Hall–Kier alpha value is -0.770. The molecule has 0 aliphatic carbocycles. The van der Waals surface area contributed by atoms with E-state index >= 15 is 0 Å². The summed E-state index contributed by atoms with van der Waals surface area (Å²) in [5.41, 5.74) is -0.400. The van der Waals surface area contributed by atoms with Crippen LogP contribution in [0.4, 0.5) is 4.79 Å². The quantitative estimate of drug-likeness (QED) is 0.754. The molecular weight excluding hydrogens is 240 g/mol. The minimum absolute atomic E-state index is 0.191. The number of nitrogens with zero attached hydrogens (tertiary/aromatic N) is 1. The summed E-state index contributed by atoms with van der Waals surface area (Å²) in [7, 11) is 0. The van der Waals surface area contributed by atoms with E-state index in [4.69, 9.17) is 4.74 Å². The van der Waals surface area contributed by atoms with Crippen LogP contribution in [0, 0.1) is 0 Å². The van der Waals surface area contributed by atoms with Crippen molar-refractivity contribution in [2.75, 3.05) is 13.1 Å². The zero-order valence-corrected chi connectivity index (χ0v) is 13.2. The molecule has 19 heavy (non-hydrogen) atoms. The standard InChI is InChI=1S/C15H30N2O2/c1-6-7-8-9-12(2)16-13-10-17(11-13)14(18)19-15(3,4)5/h12-13,16H,6-11H2,1-5H3. The molecule has 1 heterocycles. The predicted molar refractivity (Wildman–Crippen MR) is 78.3 cm³/mol. The molecule has 0 aromatic heterocycles. The van der Waals surface area contributed by atoms with Crippen LogP contribution >= 0.6 is 0 Å². The molecule has 1 fully saturated rings. The van der Waals surface area contributed by atoms with Gasteiger partial charge in [0.05, 0.1) is 0 Å². The van der Waals surface area contributed by atoms with E-state index < -0.39 is 5.60 Å². The Balaban J connectivity index is 2.14. The second-order valence-corrected chi connectivity index (χ2v) is 6.65. The number of ether oxygens (including phenoxy) is 1. The van der Waals surface area contributed by atoms with Crippen molar-refractivity contribution in [3.63, 3.8) is 0 Å². The predicted octanol–water partition coefficient (Wildman–Crippen LogP) is 3.16. The van der Waals surface area contributed by atoms with Crippen LogP contribution in [0.15, 0.2) is 0 Å². The zero-order chi connectivity index (χ0) is 14.5. The Morgan fingerprint density at radius 1 is 1.37 bits per heavy atom. The number of hydrogen-bond acceptors (Lipinski definition) is 3. The highest BCUT2D eigenvalue weighted by Crippen LogP contribution is 2.16. The van der Waals surface area contributed by atoms with E-state index in [-0.39, 0.29) is 6.09 Å². The van der Waals surface area contributed by atoms with Crippen molar-refractivity contribution in [2.45, 2.75) is 78.0 Å². The third-order valence-corrected chi connectivity index (χ3v) is 3.29. The van der Waals surface area contributed by atoms with Gasteiger partial charge in [0.15, 0.2) is 0 Å². The fourth-order valence-electron chi connectivity index (χ4n) is 2.25. The summed E-state index contributed by atoms with van der Waals surface area (Å²) in [6, 6.07) is 0.974. The van der Waals surface area contributed by atoms with Crippen LogP contribution in [0.3, 0.4) is 0 Å². The van der Waals surface area contributed by atoms with Crippen LogP contribution in [0.25, 0.3) is 0 Å². The van der Waals surface area contributed by atoms with Crippen LogP contribution in [-0.2, 0) is 4.74 Å². The van der Waals surface area contributed by atoms with Gasteiger partial charge in [-0.3, -0.25) is 0 Å². The van der Waals surface area contributed by atoms with Gasteiger partial charge in [-0.1, -0.05) is 26.2 Å². The van der Waals surface area contributed by atoms with Gasteiger partial charge in [0.2, 0.25) is 0 Å². The topological polar surface area (TPSA) is 41.6 Å². The summed E-state index contributed by atoms with van der Waals surface area (Å²) < 4.78 is 5.33. The molecule has 1 rings (SSSR count). The highest BCUT2D eigenvalue weighted by Gasteiger charge is 2.33. The first kappa shape index (κ1) is 16.3. The molecule has 0 aromatic rings. The molecule has 1 N–H and O–H groups in total. The molecule has 0 saturated carbocycles. The van der Waals surface area contributed by atoms with Crippen molar-refractivity contribution >= 4 is 6.09 Å². The van der Waals surface area contributed by atoms with Gasteiger partial charge in [-0.25, -0.2) is 4.79 Å². The normalized spacial score (nSPS) is 18.1. The van der Waals surface area contributed by atoms with Gasteiger partial charge in [-0.05, 0) is 34.1 Å². The molecule has 0 radical (unpaired) electrons. The minimum Gasteiger partial charge on any atom is -0.444 e. The maximum Gasteiger partial charge on any atom is 0.410 e. The fraction of sp³-hybridized carbons (Fsp3) is 0.933. The van der Waals surface area contributed by atoms with Crippen LogP contribution in [-0.4, -0.2) is 41.8 Å². The number of likely N-dealkylation sites (tertiary alicyclic amines) is 1. The molecule has 0 spiro atoms. The first-order chi connectivity index (χ1) is 8.81. The summed E-state index contributed by atoms with van der Waals surface area (Å²) in [6.45, 7) is 11.7. The number of hydrogen-bond donors (Lipinski definition) is 1. The Labute approximate surface area is 117 Å². The molecule has 0 bridgehead atoms. The van der Waals surface area contributed by atoms with E-state index in [1.807, 2.05) is 20.8 Å². The van der Waals surface area contributed by atoms with Crippen molar-refractivity contribution in [3.8, 4) is 0 Å². The summed E-state index contributed by atoms with van der Waals surface area (Å²) in [5, 5.41) is 3.57. The van der Waals surface area contributed by atoms with E-state index in [9.17, 15) is 4.79 Å². The molecule has 0 aromatic carbocycles. The number of carbonyl (C=O) groups excluding carboxylic acids is 1. The molecule has 1 unspecified atom stereocenters. The number of unbranched alkanes of at least 4 members (excludes halogenated alkanes) is 2. The number of nitrogens with one attached hydrogen (secondary N) is 1. The van der Waals surface area contributed by atoms with Crippen LogP contribution < -0.4 is 5.32 Å². The van der Waals surface area contributed by atoms with Crippen molar-refractivity contribution in [2.24, 2.45) is 0 Å². The van der Waals surface area contributed by atoms with Gasteiger partial charge in [-0.2, -0.15) is 0 Å². The molecule has 4 nitrogen and oxygen atoms in total. The molecule has 1 saturated heterocycles. The Bertz CT molecular complexity index is 280. The monoisotopic (exact) mass is 270 g/mol. The van der Waals surface area contributed by atoms with E-state index in [1.54, 1.807) is 4.90 Å². The average Bonchev–Trinajstić information content (AvgIpc) is 2.20. The number of carbonyl (C=O) groups is 1. The van der Waals surface area contributed by atoms with Crippen molar-refractivity contribution < 1.29 is 9.53 Å². The van der Waals surface area contributed by atoms with E-state index in [0.29, 0.717) is 12.1 Å². The number of amides is 1. The van der Waals surface area contributed by atoms with Gasteiger partial charge in [-0.15, -0.1) is 0 Å². The average molecular weight is 270 g/mol. The zero-order valence-electron chi connectivity index (χ0n) is 13.2. The molecule has 1 aliphatic rings. The molecule has 1 aliphatic heterocycles. The lowest BCUT2D eigenvalue weighted by Crippen LogP contribution is -2.62. The second-order valence-electron chi connectivity index (χ2n) is 6.65. The molecular formula is C15H30N2O2. The van der Waals surface area contributed by atoms with Gasteiger partial charge >= 0.3 is 6.09 Å². The first-order valence-corrected chi connectivity index (χ1v) is 7.55. The van der Waals surface area contributed by atoms with Crippen LogP contribution in [0.2, 0.25) is 0 Å². The summed E-state index contributed by atoms with van der Waals surface area (Å²) in [5.74, 6) is 0. The SMILES string of the molecule is CCCCCC(C)NC1CN(C(=O)OC(C)(C)C)C1. The summed E-state index contributed by atoms with van der Waals surface area (Å²) in [4.78, 5) is 13.5. The molecule has 1 atom stereocenters. The van der Waals surface area contributed by atoms with Crippen molar-refractivity contribution in [3.05, 3.63) is 0 Å². The maximum atomic E-state index is 11.8. The minimum atomic E-state index is -0.400.